The molecule has 0 bridgehead atoms. The van der Waals surface area contributed by atoms with Gasteiger partial charge in [-0.3, -0.25) is 0 Å². The minimum Gasteiger partial charge on any atom is -0.450 e. The topological polar surface area (TPSA) is 71.7 Å². The van der Waals surface area contributed by atoms with Crippen LogP contribution in [0.3, 0.4) is 0 Å². The van der Waals surface area contributed by atoms with Crippen molar-refractivity contribution in [2.75, 3.05) is 37.7 Å². The van der Waals surface area contributed by atoms with Gasteiger partial charge >= 0.3 is 6.09 Å². The summed E-state index contributed by atoms with van der Waals surface area (Å²) >= 11 is 0. The molecular weight excluding hydrogens is 244 g/mol. The van der Waals surface area contributed by atoms with E-state index in [2.05, 4.69) is 9.88 Å². The number of pyridine rings is 1. The lowest BCUT2D eigenvalue weighted by Gasteiger charge is -2.34. The predicted molar refractivity (Wildman–Crippen MR) is 72.9 cm³/mol. The number of ether oxygens (including phenoxy) is 1. The molecule has 0 spiro atoms. The van der Waals surface area contributed by atoms with Crippen LogP contribution in [0.25, 0.3) is 0 Å². The van der Waals surface area contributed by atoms with Crippen molar-refractivity contribution in [1.82, 2.24) is 9.88 Å². The first-order valence-electron chi connectivity index (χ1n) is 6.56. The van der Waals surface area contributed by atoms with Gasteiger partial charge in [0.2, 0.25) is 0 Å². The molecule has 1 aliphatic rings. The van der Waals surface area contributed by atoms with Gasteiger partial charge in [0.1, 0.15) is 5.82 Å². The van der Waals surface area contributed by atoms with Gasteiger partial charge in [-0.05, 0) is 18.6 Å². The molecule has 6 heteroatoms. The zero-order valence-corrected chi connectivity index (χ0v) is 11.2. The highest BCUT2D eigenvalue weighted by Gasteiger charge is 2.22. The van der Waals surface area contributed by atoms with Crippen molar-refractivity contribution in [2.24, 2.45) is 5.73 Å². The Kier molecular flexibility index (Phi) is 4.57. The number of rotatable bonds is 3. The van der Waals surface area contributed by atoms with Crippen LogP contribution in [0.1, 0.15) is 12.5 Å². The summed E-state index contributed by atoms with van der Waals surface area (Å²) in [6.07, 6.45) is 1.57. The minimum atomic E-state index is -0.228. The Bertz CT molecular complexity index is 413. The summed E-state index contributed by atoms with van der Waals surface area (Å²) in [6, 6.07) is 3.96. The van der Waals surface area contributed by atoms with E-state index in [1.54, 1.807) is 11.1 Å². The van der Waals surface area contributed by atoms with E-state index < -0.39 is 0 Å². The highest BCUT2D eigenvalue weighted by atomic mass is 16.6. The van der Waals surface area contributed by atoms with E-state index in [9.17, 15) is 4.79 Å². The molecule has 1 aliphatic heterocycles. The smallest absolute Gasteiger partial charge is 0.409 e. The molecule has 1 saturated heterocycles. The number of hydrogen-bond donors (Lipinski definition) is 1. The van der Waals surface area contributed by atoms with Crippen molar-refractivity contribution in [3.05, 3.63) is 23.9 Å². The molecule has 2 N–H and O–H groups in total. The highest BCUT2D eigenvalue weighted by molar-refractivity contribution is 5.68. The molecule has 1 fully saturated rings. The van der Waals surface area contributed by atoms with E-state index in [-0.39, 0.29) is 6.09 Å². The molecule has 0 atom stereocenters. The molecule has 1 aromatic heterocycles. The van der Waals surface area contributed by atoms with Gasteiger partial charge < -0.3 is 20.3 Å². The number of piperazine rings is 1. The quantitative estimate of drug-likeness (QED) is 0.875. The molecule has 1 amide bonds. The third-order valence-corrected chi connectivity index (χ3v) is 3.17. The van der Waals surface area contributed by atoms with Gasteiger partial charge in [0, 0.05) is 38.9 Å². The Morgan fingerprint density at radius 1 is 1.37 bits per heavy atom. The zero-order chi connectivity index (χ0) is 13.7. The van der Waals surface area contributed by atoms with E-state index in [0.717, 1.165) is 24.5 Å². The summed E-state index contributed by atoms with van der Waals surface area (Å²) in [6.45, 7) is 5.61. The first-order chi connectivity index (χ1) is 9.24. The van der Waals surface area contributed by atoms with Crippen LogP contribution in [0.2, 0.25) is 0 Å². The molecule has 1 aromatic rings. The van der Waals surface area contributed by atoms with Crippen molar-refractivity contribution in [3.63, 3.8) is 0 Å². The summed E-state index contributed by atoms with van der Waals surface area (Å²) in [7, 11) is 0. The summed E-state index contributed by atoms with van der Waals surface area (Å²) in [4.78, 5) is 19.9. The van der Waals surface area contributed by atoms with E-state index in [4.69, 9.17) is 10.5 Å². The number of amides is 1. The molecule has 2 rings (SSSR count). The second-order valence-corrected chi connectivity index (χ2v) is 4.40. The van der Waals surface area contributed by atoms with Crippen LogP contribution in [0.5, 0.6) is 0 Å². The highest BCUT2D eigenvalue weighted by Crippen LogP contribution is 2.14. The Balaban J connectivity index is 1.90. The second-order valence-electron chi connectivity index (χ2n) is 4.40. The number of nitrogens with zero attached hydrogens (tertiary/aromatic N) is 3. The summed E-state index contributed by atoms with van der Waals surface area (Å²) in [5, 5.41) is 0. The van der Waals surface area contributed by atoms with Gasteiger partial charge in [0.05, 0.1) is 6.61 Å². The molecule has 0 saturated carbocycles. The van der Waals surface area contributed by atoms with Gasteiger partial charge in [0.15, 0.2) is 0 Å². The maximum atomic E-state index is 11.6. The van der Waals surface area contributed by atoms with Crippen LogP contribution in [-0.2, 0) is 11.3 Å². The average molecular weight is 264 g/mol. The lowest BCUT2D eigenvalue weighted by Crippen LogP contribution is -2.49. The molecule has 0 aromatic carbocycles. The van der Waals surface area contributed by atoms with Gasteiger partial charge in [0.25, 0.3) is 0 Å². The molecule has 6 nitrogen and oxygen atoms in total. The van der Waals surface area contributed by atoms with Crippen LogP contribution in [-0.4, -0.2) is 48.8 Å². The second kappa shape index (κ2) is 6.38. The number of anilines is 1. The Morgan fingerprint density at radius 3 is 2.63 bits per heavy atom. The Morgan fingerprint density at radius 2 is 2.11 bits per heavy atom. The largest absolute Gasteiger partial charge is 0.450 e. The molecule has 0 radical (unpaired) electrons. The van der Waals surface area contributed by atoms with E-state index in [0.29, 0.717) is 26.2 Å². The lowest BCUT2D eigenvalue weighted by atomic mass is 10.2. The van der Waals surface area contributed by atoms with Crippen molar-refractivity contribution in [3.8, 4) is 0 Å². The van der Waals surface area contributed by atoms with E-state index in [1.165, 1.54) is 0 Å². The molecular formula is C13H20N4O2. The van der Waals surface area contributed by atoms with Crippen molar-refractivity contribution >= 4 is 11.9 Å². The molecule has 2 heterocycles. The van der Waals surface area contributed by atoms with Crippen LogP contribution < -0.4 is 10.6 Å². The standard InChI is InChI=1S/C13H20N4O2/c1-2-19-13(18)17-7-5-16(6-8-17)12-4-3-11(9-14)10-15-12/h3-4,10H,2,5-9,14H2,1H3. The average Bonchev–Trinajstić information content (AvgIpc) is 2.48. The molecule has 19 heavy (non-hydrogen) atoms. The number of carbonyl (C=O) groups excluding carboxylic acids is 1. The third-order valence-electron chi connectivity index (χ3n) is 3.17. The number of carbonyl (C=O) groups is 1. The number of aromatic nitrogens is 1. The fraction of sp³-hybridized carbons (Fsp3) is 0.538. The van der Waals surface area contributed by atoms with E-state index >= 15 is 0 Å². The van der Waals surface area contributed by atoms with E-state index in [1.807, 2.05) is 19.1 Å². The van der Waals surface area contributed by atoms with Crippen LogP contribution >= 0.6 is 0 Å². The summed E-state index contributed by atoms with van der Waals surface area (Å²) < 4.78 is 4.99. The molecule has 0 aliphatic carbocycles. The first-order valence-corrected chi connectivity index (χ1v) is 6.56. The van der Waals surface area contributed by atoms with Crippen molar-refractivity contribution in [1.29, 1.82) is 0 Å². The fourth-order valence-corrected chi connectivity index (χ4v) is 2.06. The van der Waals surface area contributed by atoms with Gasteiger partial charge in [-0.15, -0.1) is 0 Å². The van der Waals surface area contributed by atoms with Gasteiger partial charge in [-0.25, -0.2) is 9.78 Å². The molecule has 0 unspecified atom stereocenters. The monoisotopic (exact) mass is 264 g/mol. The van der Waals surface area contributed by atoms with Crippen LogP contribution in [0.4, 0.5) is 10.6 Å². The molecule has 104 valence electrons. The van der Waals surface area contributed by atoms with Crippen LogP contribution in [0.15, 0.2) is 18.3 Å². The fourth-order valence-electron chi connectivity index (χ4n) is 2.06. The lowest BCUT2D eigenvalue weighted by molar-refractivity contribution is 0.105. The normalized spacial score (nSPS) is 15.5. The van der Waals surface area contributed by atoms with Gasteiger partial charge in [-0.2, -0.15) is 0 Å². The Labute approximate surface area is 113 Å². The maximum Gasteiger partial charge on any atom is 0.409 e. The van der Waals surface area contributed by atoms with Crippen molar-refractivity contribution in [2.45, 2.75) is 13.5 Å². The summed E-state index contributed by atoms with van der Waals surface area (Å²) in [5.74, 6) is 0.931. The first kappa shape index (κ1) is 13.6. The van der Waals surface area contributed by atoms with Crippen LogP contribution in [0, 0.1) is 0 Å². The number of hydrogen-bond acceptors (Lipinski definition) is 5. The minimum absolute atomic E-state index is 0.228. The predicted octanol–water partition coefficient (Wildman–Crippen LogP) is 0.819. The van der Waals surface area contributed by atoms with Crippen molar-refractivity contribution < 1.29 is 9.53 Å². The van der Waals surface area contributed by atoms with Gasteiger partial charge in [-0.1, -0.05) is 6.07 Å². The zero-order valence-electron chi connectivity index (χ0n) is 11.2. The summed E-state index contributed by atoms with van der Waals surface area (Å²) in [5.41, 5.74) is 6.57. The SMILES string of the molecule is CCOC(=O)N1CCN(c2ccc(CN)cn2)CC1. The third kappa shape index (κ3) is 3.35. The number of nitrogens with two attached hydrogens (primary N) is 1. The Hall–Kier alpha value is -1.82. The maximum absolute atomic E-state index is 11.6.